The molecule has 1 aromatic heterocycles. The SMILES string of the molecule is Cc1ccc(C(=O)CCCn2ccnc2)c(C)c1. The highest BCUT2D eigenvalue weighted by Gasteiger charge is 2.08. The van der Waals surface area contributed by atoms with E-state index < -0.39 is 0 Å². The van der Waals surface area contributed by atoms with Crippen LogP contribution in [0.15, 0.2) is 36.9 Å². The van der Waals surface area contributed by atoms with Crippen molar-refractivity contribution in [3.63, 3.8) is 0 Å². The van der Waals surface area contributed by atoms with Crippen LogP contribution in [0.25, 0.3) is 0 Å². The predicted molar refractivity (Wildman–Crippen MR) is 71.7 cm³/mol. The molecule has 0 aliphatic heterocycles. The van der Waals surface area contributed by atoms with E-state index >= 15 is 0 Å². The van der Waals surface area contributed by atoms with Crippen molar-refractivity contribution in [3.8, 4) is 0 Å². The lowest BCUT2D eigenvalue weighted by Crippen LogP contribution is -2.04. The fourth-order valence-corrected chi connectivity index (χ4v) is 2.10. The number of carbonyl (C=O) groups excluding carboxylic acids is 1. The second-order valence-corrected chi connectivity index (χ2v) is 4.65. The van der Waals surface area contributed by atoms with Gasteiger partial charge < -0.3 is 4.57 Å². The van der Waals surface area contributed by atoms with Crippen molar-refractivity contribution in [1.82, 2.24) is 9.55 Å². The molecule has 0 atom stereocenters. The second kappa shape index (κ2) is 5.63. The van der Waals surface area contributed by atoms with Crippen LogP contribution in [-0.2, 0) is 6.54 Å². The molecule has 0 saturated carbocycles. The van der Waals surface area contributed by atoms with Gasteiger partial charge in [-0.1, -0.05) is 23.8 Å². The fourth-order valence-electron chi connectivity index (χ4n) is 2.10. The Hall–Kier alpha value is -1.90. The molecule has 0 radical (unpaired) electrons. The zero-order valence-corrected chi connectivity index (χ0v) is 10.9. The van der Waals surface area contributed by atoms with Crippen LogP contribution in [0.1, 0.15) is 34.3 Å². The topological polar surface area (TPSA) is 34.9 Å². The number of Topliss-reactive ketones (excluding diaryl/α,β-unsaturated/α-hetero) is 1. The number of hydrogen-bond acceptors (Lipinski definition) is 2. The van der Waals surface area contributed by atoms with Crippen LogP contribution in [0.3, 0.4) is 0 Å². The Balaban J connectivity index is 1.91. The van der Waals surface area contributed by atoms with Gasteiger partial charge in [-0.15, -0.1) is 0 Å². The van der Waals surface area contributed by atoms with Crippen LogP contribution in [0.4, 0.5) is 0 Å². The predicted octanol–water partition coefficient (Wildman–Crippen LogP) is 3.16. The highest BCUT2D eigenvalue weighted by molar-refractivity contribution is 5.97. The fraction of sp³-hybridized carbons (Fsp3) is 0.333. The maximum Gasteiger partial charge on any atom is 0.163 e. The number of aryl methyl sites for hydroxylation is 3. The Morgan fingerprint density at radius 3 is 2.83 bits per heavy atom. The van der Waals surface area contributed by atoms with Crippen molar-refractivity contribution >= 4 is 5.78 Å². The Labute approximate surface area is 107 Å². The summed E-state index contributed by atoms with van der Waals surface area (Å²) in [5, 5.41) is 0. The van der Waals surface area contributed by atoms with E-state index in [1.807, 2.05) is 36.7 Å². The van der Waals surface area contributed by atoms with E-state index in [9.17, 15) is 4.79 Å². The first-order valence-corrected chi connectivity index (χ1v) is 6.23. The molecule has 0 aliphatic rings. The van der Waals surface area contributed by atoms with Gasteiger partial charge in [0.1, 0.15) is 0 Å². The van der Waals surface area contributed by atoms with Crippen molar-refractivity contribution < 1.29 is 4.79 Å². The average molecular weight is 242 g/mol. The van der Waals surface area contributed by atoms with E-state index in [-0.39, 0.29) is 5.78 Å². The van der Waals surface area contributed by atoms with Gasteiger partial charge in [0, 0.05) is 30.9 Å². The van der Waals surface area contributed by atoms with E-state index in [4.69, 9.17) is 0 Å². The van der Waals surface area contributed by atoms with Crippen molar-refractivity contribution in [3.05, 3.63) is 53.6 Å². The van der Waals surface area contributed by atoms with Gasteiger partial charge in [-0.3, -0.25) is 4.79 Å². The molecule has 3 heteroatoms. The molecule has 0 bridgehead atoms. The molecule has 1 heterocycles. The molecule has 0 N–H and O–H groups in total. The summed E-state index contributed by atoms with van der Waals surface area (Å²) in [4.78, 5) is 16.1. The quantitative estimate of drug-likeness (QED) is 0.755. The van der Waals surface area contributed by atoms with Crippen molar-refractivity contribution in [2.75, 3.05) is 0 Å². The molecule has 94 valence electrons. The summed E-state index contributed by atoms with van der Waals surface area (Å²) in [6, 6.07) is 5.99. The molecular formula is C15H18N2O. The smallest absolute Gasteiger partial charge is 0.163 e. The molecule has 0 amide bonds. The minimum absolute atomic E-state index is 0.229. The van der Waals surface area contributed by atoms with Crippen molar-refractivity contribution in [2.24, 2.45) is 0 Å². The molecule has 3 nitrogen and oxygen atoms in total. The van der Waals surface area contributed by atoms with Gasteiger partial charge in [-0.05, 0) is 25.8 Å². The summed E-state index contributed by atoms with van der Waals surface area (Å²) >= 11 is 0. The van der Waals surface area contributed by atoms with Gasteiger partial charge in [0.05, 0.1) is 6.33 Å². The van der Waals surface area contributed by atoms with Crippen LogP contribution in [0.5, 0.6) is 0 Å². The first kappa shape index (κ1) is 12.6. The van der Waals surface area contributed by atoms with Gasteiger partial charge in [0.2, 0.25) is 0 Å². The molecule has 1 aromatic carbocycles. The Morgan fingerprint density at radius 1 is 1.33 bits per heavy atom. The van der Waals surface area contributed by atoms with Crippen molar-refractivity contribution in [1.29, 1.82) is 0 Å². The van der Waals surface area contributed by atoms with E-state index in [0.717, 1.165) is 24.1 Å². The summed E-state index contributed by atoms with van der Waals surface area (Å²) in [6.45, 7) is 4.88. The molecular weight excluding hydrogens is 224 g/mol. The largest absolute Gasteiger partial charge is 0.337 e. The molecule has 0 saturated heterocycles. The first-order valence-electron chi connectivity index (χ1n) is 6.23. The number of aromatic nitrogens is 2. The van der Waals surface area contributed by atoms with E-state index in [0.29, 0.717) is 6.42 Å². The standard InChI is InChI=1S/C15H18N2O/c1-12-5-6-14(13(2)10-12)15(18)4-3-8-17-9-7-16-11-17/h5-7,9-11H,3-4,8H2,1-2H3. The third-order valence-electron chi connectivity index (χ3n) is 3.06. The van der Waals surface area contributed by atoms with Gasteiger partial charge in [0.25, 0.3) is 0 Å². The Bertz CT molecular complexity index is 529. The van der Waals surface area contributed by atoms with Gasteiger partial charge in [-0.25, -0.2) is 4.98 Å². The van der Waals surface area contributed by atoms with Gasteiger partial charge >= 0.3 is 0 Å². The number of ketones is 1. The summed E-state index contributed by atoms with van der Waals surface area (Å²) < 4.78 is 2.00. The first-order chi connectivity index (χ1) is 8.66. The van der Waals surface area contributed by atoms with Crippen LogP contribution in [0, 0.1) is 13.8 Å². The third kappa shape index (κ3) is 3.06. The van der Waals surface area contributed by atoms with Crippen molar-refractivity contribution in [2.45, 2.75) is 33.2 Å². The van der Waals surface area contributed by atoms with Crippen LogP contribution >= 0.6 is 0 Å². The van der Waals surface area contributed by atoms with Gasteiger partial charge in [0.15, 0.2) is 5.78 Å². The molecule has 0 fully saturated rings. The average Bonchev–Trinajstić information content (AvgIpc) is 2.81. The van der Waals surface area contributed by atoms with Crippen LogP contribution < -0.4 is 0 Å². The number of carbonyl (C=O) groups is 1. The summed E-state index contributed by atoms with van der Waals surface area (Å²) in [5.74, 6) is 0.229. The number of nitrogens with zero attached hydrogens (tertiary/aromatic N) is 2. The maximum atomic E-state index is 12.1. The minimum atomic E-state index is 0.229. The van der Waals surface area contributed by atoms with Gasteiger partial charge in [-0.2, -0.15) is 0 Å². The molecule has 2 aromatic rings. The lowest BCUT2D eigenvalue weighted by Gasteiger charge is -2.06. The zero-order valence-electron chi connectivity index (χ0n) is 10.9. The lowest BCUT2D eigenvalue weighted by molar-refractivity contribution is 0.0978. The second-order valence-electron chi connectivity index (χ2n) is 4.65. The maximum absolute atomic E-state index is 12.1. The number of rotatable bonds is 5. The van der Waals surface area contributed by atoms with E-state index in [1.165, 1.54) is 5.56 Å². The summed E-state index contributed by atoms with van der Waals surface area (Å²) in [6.07, 6.45) is 6.89. The van der Waals surface area contributed by atoms with Crippen LogP contribution in [0.2, 0.25) is 0 Å². The Morgan fingerprint density at radius 2 is 2.17 bits per heavy atom. The lowest BCUT2D eigenvalue weighted by atomic mass is 10.00. The summed E-state index contributed by atoms with van der Waals surface area (Å²) in [5.41, 5.74) is 3.12. The van der Waals surface area contributed by atoms with Crippen LogP contribution in [-0.4, -0.2) is 15.3 Å². The summed E-state index contributed by atoms with van der Waals surface area (Å²) in [7, 11) is 0. The molecule has 0 spiro atoms. The zero-order chi connectivity index (χ0) is 13.0. The molecule has 2 rings (SSSR count). The molecule has 18 heavy (non-hydrogen) atoms. The number of imidazole rings is 1. The minimum Gasteiger partial charge on any atom is -0.337 e. The normalized spacial score (nSPS) is 10.6. The number of hydrogen-bond donors (Lipinski definition) is 0. The molecule has 0 aliphatic carbocycles. The van der Waals surface area contributed by atoms with E-state index in [1.54, 1.807) is 12.5 Å². The van der Waals surface area contributed by atoms with E-state index in [2.05, 4.69) is 11.1 Å². The Kier molecular flexibility index (Phi) is 3.92. The third-order valence-corrected chi connectivity index (χ3v) is 3.06. The monoisotopic (exact) mass is 242 g/mol. The number of benzene rings is 1. The highest BCUT2D eigenvalue weighted by atomic mass is 16.1. The molecule has 0 unspecified atom stereocenters. The highest BCUT2D eigenvalue weighted by Crippen LogP contribution is 2.13.